The van der Waals surface area contributed by atoms with Crippen LogP contribution in [-0.2, 0) is 0 Å². The van der Waals surface area contributed by atoms with Crippen molar-refractivity contribution in [1.29, 1.82) is 0 Å². The SMILES string of the molecule is Cc1ccccc1C(C)Nc1nc2c(Br)cccn2n1. The van der Waals surface area contributed by atoms with Gasteiger partial charge in [-0.1, -0.05) is 24.3 Å². The van der Waals surface area contributed by atoms with E-state index >= 15 is 0 Å². The van der Waals surface area contributed by atoms with Crippen LogP contribution >= 0.6 is 15.9 Å². The van der Waals surface area contributed by atoms with Crippen molar-refractivity contribution >= 4 is 27.5 Å². The van der Waals surface area contributed by atoms with Crippen molar-refractivity contribution in [2.45, 2.75) is 19.9 Å². The predicted molar refractivity (Wildman–Crippen MR) is 83.9 cm³/mol. The lowest BCUT2D eigenvalue weighted by Gasteiger charge is -2.14. The summed E-state index contributed by atoms with van der Waals surface area (Å²) in [6.07, 6.45) is 1.89. The molecule has 1 aromatic carbocycles. The first-order chi connectivity index (χ1) is 9.65. The normalized spacial score (nSPS) is 12.6. The van der Waals surface area contributed by atoms with Crippen LogP contribution in [0.5, 0.6) is 0 Å². The standard InChI is InChI=1S/C15H15BrN4/c1-10-6-3-4-7-12(10)11(2)17-15-18-14-13(16)8-5-9-20(14)19-15/h3-9,11H,1-2H3,(H,17,19). The molecule has 5 heteroatoms. The number of fused-ring (bicyclic) bond motifs is 1. The van der Waals surface area contributed by atoms with Crippen molar-refractivity contribution in [1.82, 2.24) is 14.6 Å². The molecule has 2 aromatic heterocycles. The number of rotatable bonds is 3. The number of anilines is 1. The van der Waals surface area contributed by atoms with Gasteiger partial charge in [0, 0.05) is 6.20 Å². The van der Waals surface area contributed by atoms with Crippen molar-refractivity contribution in [3.05, 3.63) is 58.2 Å². The van der Waals surface area contributed by atoms with Gasteiger partial charge in [-0.15, -0.1) is 5.10 Å². The summed E-state index contributed by atoms with van der Waals surface area (Å²) >= 11 is 3.48. The maximum Gasteiger partial charge on any atom is 0.243 e. The Bertz CT molecular complexity index is 750. The zero-order chi connectivity index (χ0) is 14.1. The van der Waals surface area contributed by atoms with Gasteiger partial charge in [0.2, 0.25) is 5.95 Å². The first kappa shape index (κ1) is 13.1. The third-order valence-corrected chi connectivity index (χ3v) is 3.93. The predicted octanol–water partition coefficient (Wildman–Crippen LogP) is 3.97. The van der Waals surface area contributed by atoms with Crippen molar-refractivity contribution in [3.8, 4) is 0 Å². The Kier molecular flexibility index (Phi) is 3.44. The minimum atomic E-state index is 0.160. The third-order valence-electron chi connectivity index (χ3n) is 3.32. The van der Waals surface area contributed by atoms with Crippen molar-refractivity contribution in [2.75, 3.05) is 5.32 Å². The molecule has 4 nitrogen and oxygen atoms in total. The second kappa shape index (κ2) is 5.25. The van der Waals surface area contributed by atoms with E-state index in [1.54, 1.807) is 4.52 Å². The molecule has 0 radical (unpaired) electrons. The highest BCUT2D eigenvalue weighted by Gasteiger charge is 2.11. The number of aryl methyl sites for hydroxylation is 1. The van der Waals surface area contributed by atoms with E-state index in [1.165, 1.54) is 11.1 Å². The first-order valence-electron chi connectivity index (χ1n) is 6.48. The second-order valence-electron chi connectivity index (χ2n) is 4.78. The summed E-state index contributed by atoms with van der Waals surface area (Å²) in [4.78, 5) is 4.50. The van der Waals surface area contributed by atoms with E-state index in [0.29, 0.717) is 5.95 Å². The molecule has 0 fully saturated rings. The van der Waals surface area contributed by atoms with E-state index in [4.69, 9.17) is 0 Å². The zero-order valence-corrected chi connectivity index (χ0v) is 12.9. The number of aromatic nitrogens is 3. The fraction of sp³-hybridized carbons (Fsp3) is 0.200. The third kappa shape index (κ3) is 2.41. The molecule has 0 aliphatic heterocycles. The Morgan fingerprint density at radius 3 is 2.75 bits per heavy atom. The molecule has 1 unspecified atom stereocenters. The maximum atomic E-state index is 4.50. The molecule has 20 heavy (non-hydrogen) atoms. The molecule has 0 amide bonds. The highest BCUT2D eigenvalue weighted by molar-refractivity contribution is 9.10. The summed E-state index contributed by atoms with van der Waals surface area (Å²) in [5.74, 6) is 0.632. The number of halogens is 1. The molecule has 3 aromatic rings. The van der Waals surface area contributed by atoms with Gasteiger partial charge in [0.05, 0.1) is 10.5 Å². The maximum absolute atomic E-state index is 4.50. The van der Waals surface area contributed by atoms with Gasteiger partial charge in [0.15, 0.2) is 5.65 Å². The Labute approximate surface area is 126 Å². The first-order valence-corrected chi connectivity index (χ1v) is 7.27. The number of nitrogens with zero attached hydrogens (tertiary/aromatic N) is 3. The van der Waals surface area contributed by atoms with Crippen LogP contribution in [0.15, 0.2) is 47.1 Å². The molecular weight excluding hydrogens is 316 g/mol. The Balaban J connectivity index is 1.90. The van der Waals surface area contributed by atoms with Gasteiger partial charge in [0.1, 0.15) is 0 Å². The van der Waals surface area contributed by atoms with Gasteiger partial charge in [-0.05, 0) is 53.0 Å². The average molecular weight is 331 g/mol. The van der Waals surface area contributed by atoms with E-state index < -0.39 is 0 Å². The van der Waals surface area contributed by atoms with Gasteiger partial charge in [0.25, 0.3) is 0 Å². The topological polar surface area (TPSA) is 42.2 Å². The number of hydrogen-bond donors (Lipinski definition) is 1. The van der Waals surface area contributed by atoms with Crippen LogP contribution in [-0.4, -0.2) is 14.6 Å². The van der Waals surface area contributed by atoms with E-state index in [0.717, 1.165) is 10.1 Å². The van der Waals surface area contributed by atoms with Crippen LogP contribution < -0.4 is 5.32 Å². The number of hydrogen-bond acceptors (Lipinski definition) is 3. The molecule has 0 saturated heterocycles. The van der Waals surface area contributed by atoms with Gasteiger partial charge in [-0.3, -0.25) is 0 Å². The van der Waals surface area contributed by atoms with Crippen LogP contribution in [0.3, 0.4) is 0 Å². The Morgan fingerprint density at radius 1 is 1.20 bits per heavy atom. The van der Waals surface area contributed by atoms with E-state index in [2.05, 4.69) is 57.3 Å². The van der Waals surface area contributed by atoms with Crippen molar-refractivity contribution < 1.29 is 0 Å². The monoisotopic (exact) mass is 330 g/mol. The molecular formula is C15H15BrN4. The number of benzene rings is 1. The van der Waals surface area contributed by atoms with Gasteiger partial charge < -0.3 is 5.32 Å². The minimum absolute atomic E-state index is 0.160. The number of nitrogens with one attached hydrogen (secondary N) is 1. The molecule has 2 heterocycles. The van der Waals surface area contributed by atoms with Gasteiger partial charge >= 0.3 is 0 Å². The summed E-state index contributed by atoms with van der Waals surface area (Å²) in [6.45, 7) is 4.23. The lowest BCUT2D eigenvalue weighted by Crippen LogP contribution is -2.09. The molecule has 3 rings (SSSR count). The largest absolute Gasteiger partial charge is 0.346 e. The molecule has 1 atom stereocenters. The van der Waals surface area contributed by atoms with Gasteiger partial charge in [-0.2, -0.15) is 4.98 Å². The Hall–Kier alpha value is -1.88. The lowest BCUT2D eigenvalue weighted by molar-refractivity contribution is 0.845. The summed E-state index contributed by atoms with van der Waals surface area (Å²) in [6, 6.07) is 12.4. The molecule has 0 spiro atoms. The van der Waals surface area contributed by atoms with Crippen LogP contribution in [0.2, 0.25) is 0 Å². The summed E-state index contributed by atoms with van der Waals surface area (Å²) in [5.41, 5.74) is 3.33. The minimum Gasteiger partial charge on any atom is -0.346 e. The fourth-order valence-electron chi connectivity index (χ4n) is 2.28. The average Bonchev–Trinajstić information content (AvgIpc) is 2.83. The van der Waals surface area contributed by atoms with Crippen LogP contribution in [0.25, 0.3) is 5.65 Å². The van der Waals surface area contributed by atoms with E-state index in [1.807, 2.05) is 30.5 Å². The fourth-order valence-corrected chi connectivity index (χ4v) is 2.70. The quantitative estimate of drug-likeness (QED) is 0.789. The number of pyridine rings is 1. The van der Waals surface area contributed by atoms with E-state index in [9.17, 15) is 0 Å². The second-order valence-corrected chi connectivity index (χ2v) is 5.64. The Morgan fingerprint density at radius 2 is 2.00 bits per heavy atom. The highest BCUT2D eigenvalue weighted by Crippen LogP contribution is 2.22. The molecule has 0 aliphatic rings. The van der Waals surface area contributed by atoms with Gasteiger partial charge in [-0.25, -0.2) is 4.52 Å². The summed E-state index contributed by atoms with van der Waals surface area (Å²) in [5, 5.41) is 7.78. The van der Waals surface area contributed by atoms with E-state index in [-0.39, 0.29) is 6.04 Å². The van der Waals surface area contributed by atoms with Crippen molar-refractivity contribution in [2.24, 2.45) is 0 Å². The molecule has 0 saturated carbocycles. The van der Waals surface area contributed by atoms with Crippen molar-refractivity contribution in [3.63, 3.8) is 0 Å². The lowest BCUT2D eigenvalue weighted by atomic mass is 10.0. The smallest absolute Gasteiger partial charge is 0.243 e. The van der Waals surface area contributed by atoms with Crippen LogP contribution in [0, 0.1) is 6.92 Å². The molecule has 0 bridgehead atoms. The summed E-state index contributed by atoms with van der Waals surface area (Å²) < 4.78 is 2.70. The zero-order valence-electron chi connectivity index (χ0n) is 11.3. The molecule has 1 N–H and O–H groups in total. The molecule has 0 aliphatic carbocycles. The van der Waals surface area contributed by atoms with Crippen LogP contribution in [0.4, 0.5) is 5.95 Å². The highest BCUT2D eigenvalue weighted by atomic mass is 79.9. The summed E-state index contributed by atoms with van der Waals surface area (Å²) in [7, 11) is 0. The molecule has 102 valence electrons. The van der Waals surface area contributed by atoms with Crippen LogP contribution in [0.1, 0.15) is 24.1 Å².